The second kappa shape index (κ2) is 5.29. The maximum absolute atomic E-state index is 10.7. The zero-order valence-corrected chi connectivity index (χ0v) is 9.63. The smallest absolute Gasteiger partial charge is 0.305 e. The van der Waals surface area contributed by atoms with Gasteiger partial charge in [0, 0.05) is 18.6 Å². The van der Waals surface area contributed by atoms with Crippen molar-refractivity contribution in [3.05, 3.63) is 35.4 Å². The average molecular weight is 235 g/mol. The first kappa shape index (κ1) is 12.1. The summed E-state index contributed by atoms with van der Waals surface area (Å²) in [5.41, 5.74) is 8.02. The molecule has 2 rings (SSSR count). The zero-order valence-electron chi connectivity index (χ0n) is 9.63. The Morgan fingerprint density at radius 2 is 2.29 bits per heavy atom. The van der Waals surface area contributed by atoms with Crippen LogP contribution in [0.5, 0.6) is 0 Å². The summed E-state index contributed by atoms with van der Waals surface area (Å²) in [6.45, 7) is 1.48. The first-order chi connectivity index (χ1) is 8.18. The molecule has 0 amide bonds. The molecule has 2 atom stereocenters. The number of carboxylic acid groups (broad SMARTS) is 1. The van der Waals surface area contributed by atoms with Gasteiger partial charge in [-0.15, -0.1) is 0 Å². The van der Waals surface area contributed by atoms with Gasteiger partial charge in [-0.05, 0) is 17.5 Å². The molecule has 1 fully saturated rings. The van der Waals surface area contributed by atoms with E-state index in [4.69, 9.17) is 15.6 Å². The average Bonchev–Trinajstić information content (AvgIpc) is 2.81. The molecule has 1 saturated heterocycles. The Morgan fingerprint density at radius 1 is 1.53 bits per heavy atom. The number of hydrogen-bond acceptors (Lipinski definition) is 3. The lowest BCUT2D eigenvalue weighted by Crippen LogP contribution is -2.18. The van der Waals surface area contributed by atoms with E-state index >= 15 is 0 Å². The highest BCUT2D eigenvalue weighted by Gasteiger charge is 2.23. The van der Waals surface area contributed by atoms with E-state index in [0.29, 0.717) is 12.5 Å². The molecule has 2 unspecified atom stereocenters. The minimum absolute atomic E-state index is 0.0371. The third kappa shape index (κ3) is 2.84. The molecule has 0 radical (unpaired) electrons. The summed E-state index contributed by atoms with van der Waals surface area (Å²) in [5.74, 6) is -0.513. The van der Waals surface area contributed by atoms with Crippen molar-refractivity contribution in [2.45, 2.75) is 24.8 Å². The molecule has 17 heavy (non-hydrogen) atoms. The van der Waals surface area contributed by atoms with Crippen LogP contribution in [0.4, 0.5) is 0 Å². The van der Waals surface area contributed by atoms with Crippen molar-refractivity contribution in [3.63, 3.8) is 0 Å². The lowest BCUT2D eigenvalue weighted by atomic mass is 9.89. The summed E-state index contributed by atoms with van der Waals surface area (Å²) in [6, 6.07) is 7.36. The van der Waals surface area contributed by atoms with Gasteiger partial charge in [0.2, 0.25) is 0 Å². The van der Waals surface area contributed by atoms with Crippen LogP contribution in [0, 0.1) is 0 Å². The van der Waals surface area contributed by atoms with Crippen LogP contribution < -0.4 is 5.73 Å². The quantitative estimate of drug-likeness (QED) is 0.832. The lowest BCUT2D eigenvalue weighted by molar-refractivity contribution is -0.137. The zero-order chi connectivity index (χ0) is 12.3. The fourth-order valence-corrected chi connectivity index (χ4v) is 2.30. The fourth-order valence-electron chi connectivity index (χ4n) is 2.30. The number of carboxylic acids is 1. The molecule has 1 aliphatic heterocycles. The van der Waals surface area contributed by atoms with E-state index in [-0.39, 0.29) is 6.42 Å². The van der Waals surface area contributed by atoms with Crippen molar-refractivity contribution in [3.8, 4) is 0 Å². The molecule has 0 saturated carbocycles. The Hall–Kier alpha value is -1.39. The van der Waals surface area contributed by atoms with E-state index in [0.717, 1.165) is 24.2 Å². The largest absolute Gasteiger partial charge is 0.481 e. The van der Waals surface area contributed by atoms with Crippen LogP contribution in [0.2, 0.25) is 0 Å². The van der Waals surface area contributed by atoms with Crippen molar-refractivity contribution in [2.75, 3.05) is 13.2 Å². The second-order valence-corrected chi connectivity index (χ2v) is 4.39. The molecule has 1 heterocycles. The van der Waals surface area contributed by atoms with Crippen LogP contribution in [0.3, 0.4) is 0 Å². The van der Waals surface area contributed by atoms with Crippen molar-refractivity contribution in [1.29, 1.82) is 0 Å². The van der Waals surface area contributed by atoms with Crippen LogP contribution in [-0.4, -0.2) is 24.3 Å². The van der Waals surface area contributed by atoms with Gasteiger partial charge < -0.3 is 15.6 Å². The van der Waals surface area contributed by atoms with Gasteiger partial charge in [-0.2, -0.15) is 0 Å². The summed E-state index contributed by atoms with van der Waals surface area (Å²) < 4.78 is 5.37. The van der Waals surface area contributed by atoms with Crippen molar-refractivity contribution >= 4 is 5.97 Å². The highest BCUT2D eigenvalue weighted by atomic mass is 16.5. The van der Waals surface area contributed by atoms with Crippen molar-refractivity contribution in [2.24, 2.45) is 5.73 Å². The number of aliphatic carboxylic acids is 1. The fraction of sp³-hybridized carbons (Fsp3) is 0.462. The molecule has 1 aliphatic rings. The van der Waals surface area contributed by atoms with Gasteiger partial charge in [0.15, 0.2) is 0 Å². The van der Waals surface area contributed by atoms with Crippen LogP contribution in [-0.2, 0) is 9.53 Å². The summed E-state index contributed by atoms with van der Waals surface area (Å²) >= 11 is 0. The van der Waals surface area contributed by atoms with E-state index in [1.165, 1.54) is 0 Å². The van der Waals surface area contributed by atoms with Crippen molar-refractivity contribution < 1.29 is 14.6 Å². The van der Waals surface area contributed by atoms with Crippen LogP contribution in [0.1, 0.15) is 35.9 Å². The summed E-state index contributed by atoms with van der Waals surface area (Å²) in [7, 11) is 0. The lowest BCUT2D eigenvalue weighted by Gasteiger charge is -2.18. The highest BCUT2D eigenvalue weighted by Crippen LogP contribution is 2.31. The minimum Gasteiger partial charge on any atom is -0.481 e. The Balaban J connectivity index is 2.23. The van der Waals surface area contributed by atoms with Gasteiger partial charge >= 0.3 is 5.97 Å². The van der Waals surface area contributed by atoms with E-state index in [2.05, 4.69) is 0 Å². The molecule has 1 aromatic rings. The Morgan fingerprint density at radius 3 is 2.94 bits per heavy atom. The number of benzene rings is 1. The monoisotopic (exact) mass is 235 g/mol. The summed E-state index contributed by atoms with van der Waals surface area (Å²) in [4.78, 5) is 10.7. The minimum atomic E-state index is -0.866. The first-order valence-corrected chi connectivity index (χ1v) is 5.82. The van der Waals surface area contributed by atoms with E-state index in [1.807, 2.05) is 24.3 Å². The van der Waals surface area contributed by atoms with Gasteiger partial charge in [0.1, 0.15) is 0 Å². The predicted octanol–water partition coefficient (Wildman–Crippen LogP) is 1.67. The first-order valence-electron chi connectivity index (χ1n) is 5.82. The molecular weight excluding hydrogens is 218 g/mol. The number of ether oxygens (including phenoxy) is 1. The SMILES string of the molecule is NC(CC(=O)O)c1ccccc1C1CCOC1. The molecule has 0 spiro atoms. The molecule has 0 aliphatic carbocycles. The standard InChI is InChI=1S/C13H17NO3/c14-12(7-13(15)16)11-4-2-1-3-10(11)9-5-6-17-8-9/h1-4,9,12H,5-8,14H2,(H,15,16). The molecule has 4 nitrogen and oxygen atoms in total. The Labute approximate surface area is 100 Å². The van der Waals surface area contributed by atoms with Gasteiger partial charge in [0.25, 0.3) is 0 Å². The van der Waals surface area contributed by atoms with Crippen LogP contribution in [0.25, 0.3) is 0 Å². The molecule has 0 aromatic heterocycles. The number of hydrogen-bond donors (Lipinski definition) is 2. The maximum atomic E-state index is 10.7. The highest BCUT2D eigenvalue weighted by molar-refractivity contribution is 5.68. The molecule has 0 bridgehead atoms. The summed E-state index contributed by atoms with van der Waals surface area (Å²) in [5, 5.41) is 8.80. The van der Waals surface area contributed by atoms with Gasteiger partial charge in [-0.1, -0.05) is 24.3 Å². The Bertz CT molecular complexity index is 399. The normalized spacial score (nSPS) is 21.4. The van der Waals surface area contributed by atoms with Crippen LogP contribution in [0.15, 0.2) is 24.3 Å². The predicted molar refractivity (Wildman–Crippen MR) is 63.8 cm³/mol. The molecular formula is C13H17NO3. The second-order valence-electron chi connectivity index (χ2n) is 4.39. The third-order valence-electron chi connectivity index (χ3n) is 3.16. The van der Waals surface area contributed by atoms with E-state index in [1.54, 1.807) is 0 Å². The van der Waals surface area contributed by atoms with Gasteiger partial charge in [0.05, 0.1) is 13.0 Å². The van der Waals surface area contributed by atoms with Gasteiger partial charge in [-0.3, -0.25) is 4.79 Å². The maximum Gasteiger partial charge on any atom is 0.305 e. The molecule has 3 N–H and O–H groups in total. The molecule has 1 aromatic carbocycles. The number of carbonyl (C=O) groups is 1. The van der Waals surface area contributed by atoms with Gasteiger partial charge in [-0.25, -0.2) is 0 Å². The van der Waals surface area contributed by atoms with E-state index in [9.17, 15) is 4.79 Å². The topological polar surface area (TPSA) is 72.6 Å². The number of nitrogens with two attached hydrogens (primary N) is 1. The Kier molecular flexibility index (Phi) is 3.76. The molecule has 4 heteroatoms. The third-order valence-corrected chi connectivity index (χ3v) is 3.16. The molecule has 92 valence electrons. The summed E-state index contributed by atoms with van der Waals surface area (Å²) in [6.07, 6.45) is 0.946. The van der Waals surface area contributed by atoms with Crippen molar-refractivity contribution in [1.82, 2.24) is 0 Å². The number of rotatable bonds is 4. The van der Waals surface area contributed by atoms with E-state index < -0.39 is 12.0 Å². The van der Waals surface area contributed by atoms with Crippen LogP contribution >= 0.6 is 0 Å².